The number of aliphatic hydroxyl groups is 1. The molecule has 3 fully saturated rings. The number of nitrogens with two attached hydrogens (primary N) is 1. The number of amides is 4. The number of benzene rings is 3. The van der Waals surface area contributed by atoms with Crippen LogP contribution >= 0.6 is 0 Å². The molecule has 0 radical (unpaired) electrons. The summed E-state index contributed by atoms with van der Waals surface area (Å²) >= 11 is 0. The summed E-state index contributed by atoms with van der Waals surface area (Å²) in [6, 6.07) is 33.9. The van der Waals surface area contributed by atoms with E-state index in [2.05, 4.69) is 30.9 Å². The Balaban J connectivity index is 0.000000222. The number of hydrogen-bond acceptors (Lipinski definition) is 13. The third-order valence-corrected chi connectivity index (χ3v) is 15.5. The number of piperidine rings is 3. The van der Waals surface area contributed by atoms with E-state index in [1.165, 1.54) is 36.4 Å². The van der Waals surface area contributed by atoms with E-state index in [0.29, 0.717) is 57.6 Å². The van der Waals surface area contributed by atoms with Crippen LogP contribution in [0.4, 0.5) is 22.8 Å². The number of hydrogen-bond donors (Lipinski definition) is 6. The fraction of sp³-hybridized carbons (Fsp3) is 0.441. The summed E-state index contributed by atoms with van der Waals surface area (Å²) in [6.07, 6.45) is 7.95. The van der Waals surface area contributed by atoms with E-state index in [1.54, 1.807) is 77.8 Å². The number of ether oxygens (including phenoxy) is 2. The van der Waals surface area contributed by atoms with E-state index in [4.69, 9.17) is 25.4 Å². The Bertz CT molecular complexity index is 3150. The number of carbonyl (C=O) groups excluding carboxylic acids is 4. The Morgan fingerprint density at radius 1 is 0.506 bits per heavy atom. The summed E-state index contributed by atoms with van der Waals surface area (Å²) in [7, 11) is 1.00. The van der Waals surface area contributed by atoms with Crippen LogP contribution in [0.5, 0.6) is 0 Å². The van der Waals surface area contributed by atoms with Gasteiger partial charge in [0.05, 0.1) is 40.6 Å². The molecule has 3 atom stereocenters. The van der Waals surface area contributed by atoms with E-state index in [1.807, 2.05) is 104 Å². The molecular weight excluding hydrogens is 1140 g/mol. The lowest BCUT2D eigenvalue weighted by molar-refractivity contribution is -0.150. The molecule has 3 aliphatic rings. The molecule has 0 spiro atoms. The van der Waals surface area contributed by atoms with Gasteiger partial charge in [0.25, 0.3) is 0 Å². The second-order valence-corrected chi connectivity index (χ2v) is 24.9. The predicted octanol–water partition coefficient (Wildman–Crippen LogP) is 11.3. The summed E-state index contributed by atoms with van der Waals surface area (Å²) < 4.78 is 50.1. The van der Waals surface area contributed by atoms with Crippen LogP contribution in [0.25, 0.3) is 0 Å². The van der Waals surface area contributed by atoms with Crippen LogP contribution < -0.4 is 21.7 Å². The highest BCUT2D eigenvalue weighted by atomic mass is 19.1. The summed E-state index contributed by atoms with van der Waals surface area (Å²) in [6.45, 7) is 20.0. The number of likely N-dealkylation sites (tertiary alicyclic amines) is 2. The molecule has 3 aliphatic heterocycles. The summed E-state index contributed by atoms with van der Waals surface area (Å²) in [5, 5.41) is 25.6. The first kappa shape index (κ1) is 71.5. The molecule has 6 aromatic rings. The van der Waals surface area contributed by atoms with Gasteiger partial charge in [0.2, 0.25) is 11.8 Å². The third kappa shape index (κ3) is 22.1. The van der Waals surface area contributed by atoms with Crippen molar-refractivity contribution in [3.8, 4) is 0 Å². The molecule has 21 heteroatoms. The van der Waals surface area contributed by atoms with Gasteiger partial charge in [-0.15, -0.1) is 0 Å². The van der Waals surface area contributed by atoms with Gasteiger partial charge in [-0.2, -0.15) is 0 Å². The number of aliphatic hydroxyl groups excluding tert-OH is 1. The van der Waals surface area contributed by atoms with Gasteiger partial charge in [-0.05, 0) is 190 Å². The number of nitrogens with zero attached hydrogens (tertiary/aromatic N) is 5. The Morgan fingerprint density at radius 3 is 1.13 bits per heavy atom. The number of pyridine rings is 3. The van der Waals surface area contributed by atoms with Crippen molar-refractivity contribution in [2.24, 2.45) is 22.0 Å². The molecule has 6 heterocycles. The molecule has 7 N–H and O–H groups in total. The minimum Gasteiger partial charge on any atom is -0.481 e. The quantitative estimate of drug-likeness (QED) is 0.0706. The Morgan fingerprint density at radius 2 is 0.820 bits per heavy atom. The Labute approximate surface area is 521 Å². The van der Waals surface area contributed by atoms with Gasteiger partial charge < -0.3 is 51.2 Å². The maximum Gasteiger partial charge on any atom is 0.410 e. The van der Waals surface area contributed by atoms with Crippen molar-refractivity contribution in [1.29, 1.82) is 0 Å². The molecule has 3 aromatic carbocycles. The molecule has 3 aromatic heterocycles. The van der Waals surface area contributed by atoms with Crippen molar-refractivity contribution in [3.05, 3.63) is 197 Å². The monoisotopic (exact) mass is 1230 g/mol. The van der Waals surface area contributed by atoms with Crippen molar-refractivity contribution in [3.63, 3.8) is 0 Å². The molecule has 9 rings (SSSR count). The smallest absolute Gasteiger partial charge is 0.410 e. The van der Waals surface area contributed by atoms with Crippen molar-refractivity contribution in [1.82, 2.24) is 40.7 Å². The SMILES string of the molecule is CC(C)(C)OC(=O)N1CCC(C)(C(=O)NC(c2ccc(F)cc2)c2ccccn2)CC1.CC(C)(C)OC(=O)N1CCC(C)(C(=O)O)CC1.CC1(C(=O)NC(c2ccc(F)cc2)c2ccccn2)CCNCC1.CO.NC(c1ccc(F)cc1)c1ccccn1. The number of aliphatic carboxylic acids is 1. The number of nitrogens with one attached hydrogen (secondary N) is 3. The maximum atomic E-state index is 13.4. The summed E-state index contributed by atoms with van der Waals surface area (Å²) in [5.74, 6) is -1.78. The van der Waals surface area contributed by atoms with Gasteiger partial charge in [0.15, 0.2) is 0 Å². The lowest BCUT2D eigenvalue weighted by Crippen LogP contribution is -2.50. The Kier molecular flexibility index (Phi) is 26.4. The van der Waals surface area contributed by atoms with Gasteiger partial charge in [0.1, 0.15) is 28.7 Å². The largest absolute Gasteiger partial charge is 0.481 e. The first-order chi connectivity index (χ1) is 42.1. The second kappa shape index (κ2) is 32.8. The molecule has 0 aliphatic carbocycles. The number of carboxylic acids is 1. The number of rotatable bonds is 11. The Hall–Kier alpha value is -8.27. The predicted molar refractivity (Wildman–Crippen MR) is 334 cm³/mol. The van der Waals surface area contributed by atoms with Gasteiger partial charge >= 0.3 is 18.2 Å². The minimum absolute atomic E-state index is 0.0176. The average Bonchev–Trinajstić information content (AvgIpc) is 2.87. The number of carbonyl (C=O) groups is 5. The molecule has 3 unspecified atom stereocenters. The molecule has 89 heavy (non-hydrogen) atoms. The first-order valence-electron chi connectivity index (χ1n) is 29.8. The van der Waals surface area contributed by atoms with Crippen molar-refractivity contribution >= 4 is 30.0 Å². The van der Waals surface area contributed by atoms with Gasteiger partial charge in [0, 0.05) is 62.7 Å². The van der Waals surface area contributed by atoms with Gasteiger partial charge in [-0.3, -0.25) is 29.3 Å². The van der Waals surface area contributed by atoms with E-state index >= 15 is 0 Å². The summed E-state index contributed by atoms with van der Waals surface area (Å²) in [5.41, 5.74) is 7.82. The average molecular weight is 1230 g/mol. The van der Waals surface area contributed by atoms with Crippen LogP contribution in [0.1, 0.15) is 153 Å². The second-order valence-electron chi connectivity index (χ2n) is 24.9. The zero-order chi connectivity index (χ0) is 65.6. The van der Waals surface area contributed by atoms with Crippen LogP contribution in [0, 0.1) is 33.7 Å². The third-order valence-electron chi connectivity index (χ3n) is 15.5. The fourth-order valence-corrected chi connectivity index (χ4v) is 9.74. The highest BCUT2D eigenvalue weighted by Crippen LogP contribution is 2.35. The van der Waals surface area contributed by atoms with Gasteiger partial charge in [-0.1, -0.05) is 68.4 Å². The van der Waals surface area contributed by atoms with Crippen LogP contribution in [0.15, 0.2) is 146 Å². The minimum atomic E-state index is -0.790. The topological polar surface area (TPSA) is 252 Å². The zero-order valence-corrected chi connectivity index (χ0v) is 52.8. The van der Waals surface area contributed by atoms with Crippen molar-refractivity contribution < 1.29 is 56.8 Å². The van der Waals surface area contributed by atoms with E-state index in [-0.39, 0.29) is 53.5 Å². The number of halogens is 3. The van der Waals surface area contributed by atoms with Crippen LogP contribution in [-0.2, 0) is 23.9 Å². The van der Waals surface area contributed by atoms with Crippen molar-refractivity contribution in [2.75, 3.05) is 46.4 Å². The van der Waals surface area contributed by atoms with E-state index in [0.717, 1.165) is 61.1 Å². The number of aromatic nitrogens is 3. The molecule has 3 saturated heterocycles. The first-order valence-corrected chi connectivity index (χ1v) is 29.8. The molecule has 18 nitrogen and oxygen atoms in total. The normalized spacial score (nSPS) is 16.7. The van der Waals surface area contributed by atoms with Crippen LogP contribution in [0.3, 0.4) is 0 Å². The standard InChI is InChI=1S/C24H30FN3O3.C19H22FN3O.C12H11FN2.C12H21NO4.CH4O/c1-23(2,3)31-22(30)28-15-12-24(4,13-16-28)21(29)27-20(19-7-5-6-14-26-19)17-8-10-18(25)11-9-17;1-19(9-12-21-13-10-19)18(24)23-17(16-4-2-3-11-22-16)14-5-7-15(20)8-6-14;13-10-6-4-9(5-7-10)12(14)11-3-1-2-8-15-11;1-11(2,3)17-10(16)13-7-5-12(4,6-8-13)9(14)15;1-2/h5-11,14,20H,12-13,15-16H2,1-4H3,(H,27,29);2-8,11,17,21H,9-10,12-13H2,1H3,(H,23,24);1-8,12H,14H2;5-8H2,1-4H3,(H,14,15);2H,1H3. The molecular formula is C68H88F3N9O9. The van der Waals surface area contributed by atoms with Crippen LogP contribution in [-0.4, -0.2) is 123 Å². The lowest BCUT2D eigenvalue weighted by atomic mass is 9.79. The molecule has 0 saturated carbocycles. The van der Waals surface area contributed by atoms with Gasteiger partial charge in [-0.25, -0.2) is 22.8 Å². The molecule has 480 valence electrons. The molecule has 0 bridgehead atoms. The van der Waals surface area contributed by atoms with Crippen LogP contribution in [0.2, 0.25) is 0 Å². The fourth-order valence-electron chi connectivity index (χ4n) is 9.74. The van der Waals surface area contributed by atoms with E-state index in [9.17, 15) is 37.1 Å². The highest BCUT2D eigenvalue weighted by Gasteiger charge is 2.42. The number of carboxylic acid groups (broad SMARTS) is 1. The molecule has 4 amide bonds. The highest BCUT2D eigenvalue weighted by molar-refractivity contribution is 5.84. The summed E-state index contributed by atoms with van der Waals surface area (Å²) in [4.78, 5) is 77.5. The zero-order valence-electron chi connectivity index (χ0n) is 52.8. The maximum absolute atomic E-state index is 13.4. The van der Waals surface area contributed by atoms with Crippen molar-refractivity contribution in [2.45, 2.75) is 130 Å². The van der Waals surface area contributed by atoms with E-state index < -0.39 is 39.5 Å². The lowest BCUT2D eigenvalue weighted by Gasteiger charge is -2.39.